The predicted octanol–water partition coefficient (Wildman–Crippen LogP) is 7.21. The second-order valence-corrected chi connectivity index (χ2v) is 9.17. The number of aromatic nitrogens is 1. The van der Waals surface area contributed by atoms with Crippen LogP contribution < -0.4 is 10.5 Å². The number of aromatic amines is 1. The van der Waals surface area contributed by atoms with Gasteiger partial charge in [-0.1, -0.05) is 63.2 Å². The molecule has 1 aromatic heterocycles. The maximum atomic E-state index is 6.10. The predicted molar refractivity (Wildman–Crippen MR) is 131 cm³/mol. The second-order valence-electron chi connectivity index (χ2n) is 9.17. The normalized spacial score (nSPS) is 11.7. The van der Waals surface area contributed by atoms with Crippen molar-refractivity contribution in [3.63, 3.8) is 0 Å². The first kappa shape index (κ1) is 21.2. The van der Waals surface area contributed by atoms with E-state index >= 15 is 0 Å². The molecule has 3 heteroatoms. The van der Waals surface area contributed by atoms with Crippen LogP contribution in [0.25, 0.3) is 22.2 Å². The minimum atomic E-state index is 0.145. The largest absolute Gasteiger partial charge is 0.457 e. The van der Waals surface area contributed by atoms with Crippen LogP contribution in [-0.4, -0.2) is 11.5 Å². The quantitative estimate of drug-likeness (QED) is 0.315. The third kappa shape index (κ3) is 4.83. The molecule has 160 valence electrons. The SMILES string of the molecule is CC(C)(C)c1ccc(-c2[nH]c3ccc(Oc4ccccc4)cc3c2CCCCN)cc1. The number of para-hydroxylation sites is 1. The maximum Gasteiger partial charge on any atom is 0.128 e. The van der Waals surface area contributed by atoms with Crippen LogP contribution >= 0.6 is 0 Å². The molecule has 4 aromatic rings. The number of H-pyrrole nitrogens is 1. The summed E-state index contributed by atoms with van der Waals surface area (Å²) in [6.07, 6.45) is 3.08. The van der Waals surface area contributed by atoms with Crippen LogP contribution in [0.5, 0.6) is 11.5 Å². The summed E-state index contributed by atoms with van der Waals surface area (Å²) in [5.74, 6) is 1.70. The van der Waals surface area contributed by atoms with Crippen molar-refractivity contribution in [3.05, 3.63) is 83.9 Å². The zero-order valence-corrected chi connectivity index (χ0v) is 18.7. The van der Waals surface area contributed by atoms with Gasteiger partial charge in [-0.05, 0) is 78.2 Å². The molecule has 4 rings (SSSR count). The lowest BCUT2D eigenvalue weighted by Crippen LogP contribution is -2.10. The number of aryl methyl sites for hydroxylation is 1. The van der Waals surface area contributed by atoms with Crippen molar-refractivity contribution < 1.29 is 4.74 Å². The van der Waals surface area contributed by atoms with E-state index in [1.165, 1.54) is 27.8 Å². The molecular weight excluding hydrogens is 380 g/mol. The maximum absolute atomic E-state index is 6.10. The molecule has 0 unspecified atom stereocenters. The van der Waals surface area contributed by atoms with Crippen molar-refractivity contribution >= 4 is 10.9 Å². The number of benzene rings is 3. The Kier molecular flexibility index (Phi) is 6.15. The van der Waals surface area contributed by atoms with Gasteiger partial charge in [-0.3, -0.25) is 0 Å². The molecule has 3 N–H and O–H groups in total. The molecule has 1 heterocycles. The number of nitrogens with two attached hydrogens (primary N) is 1. The summed E-state index contributed by atoms with van der Waals surface area (Å²) >= 11 is 0. The number of nitrogens with one attached hydrogen (secondary N) is 1. The first-order chi connectivity index (χ1) is 15.0. The first-order valence-electron chi connectivity index (χ1n) is 11.1. The van der Waals surface area contributed by atoms with Gasteiger partial charge >= 0.3 is 0 Å². The van der Waals surface area contributed by atoms with E-state index in [4.69, 9.17) is 10.5 Å². The van der Waals surface area contributed by atoms with E-state index in [1.807, 2.05) is 36.4 Å². The van der Waals surface area contributed by atoms with Crippen molar-refractivity contribution in [2.75, 3.05) is 6.54 Å². The minimum Gasteiger partial charge on any atom is -0.457 e. The molecule has 0 spiro atoms. The summed E-state index contributed by atoms with van der Waals surface area (Å²) in [5.41, 5.74) is 12.2. The average molecular weight is 413 g/mol. The standard InChI is InChI=1S/C28H32N2O/c1-28(2,3)21-14-12-20(13-15-21)27-24(11-7-8-18-29)25-19-23(16-17-26(25)30-27)31-22-9-5-4-6-10-22/h4-6,9-10,12-17,19,30H,7-8,11,18,29H2,1-3H3. The van der Waals surface area contributed by atoms with Gasteiger partial charge in [0.15, 0.2) is 0 Å². The van der Waals surface area contributed by atoms with E-state index in [1.54, 1.807) is 0 Å². The summed E-state index contributed by atoms with van der Waals surface area (Å²) in [4.78, 5) is 3.67. The Bertz CT molecular complexity index is 1140. The molecule has 0 aliphatic rings. The fourth-order valence-electron chi connectivity index (χ4n) is 4.00. The van der Waals surface area contributed by atoms with Crippen LogP contribution in [-0.2, 0) is 11.8 Å². The highest BCUT2D eigenvalue weighted by Gasteiger charge is 2.17. The Morgan fingerprint density at radius 1 is 0.839 bits per heavy atom. The lowest BCUT2D eigenvalue weighted by molar-refractivity contribution is 0.483. The van der Waals surface area contributed by atoms with Crippen LogP contribution in [0.1, 0.15) is 44.7 Å². The summed E-state index contributed by atoms with van der Waals surface area (Å²) in [6.45, 7) is 7.46. The molecule has 3 aromatic carbocycles. The third-order valence-corrected chi connectivity index (χ3v) is 5.78. The van der Waals surface area contributed by atoms with E-state index in [2.05, 4.69) is 62.2 Å². The lowest BCUT2D eigenvalue weighted by Gasteiger charge is -2.19. The number of hydrogen-bond acceptors (Lipinski definition) is 2. The Labute approximate surface area is 185 Å². The van der Waals surface area contributed by atoms with E-state index < -0.39 is 0 Å². The third-order valence-electron chi connectivity index (χ3n) is 5.78. The van der Waals surface area contributed by atoms with Gasteiger partial charge in [-0.15, -0.1) is 0 Å². The molecule has 0 bridgehead atoms. The van der Waals surface area contributed by atoms with Crippen LogP contribution in [0, 0.1) is 0 Å². The van der Waals surface area contributed by atoms with E-state index in [-0.39, 0.29) is 5.41 Å². The zero-order valence-electron chi connectivity index (χ0n) is 18.7. The van der Waals surface area contributed by atoms with Crippen LogP contribution in [0.4, 0.5) is 0 Å². The fourth-order valence-corrected chi connectivity index (χ4v) is 4.00. The Morgan fingerprint density at radius 2 is 1.58 bits per heavy atom. The molecule has 0 aliphatic carbocycles. The fraction of sp³-hybridized carbons (Fsp3) is 0.286. The summed E-state index contributed by atoms with van der Waals surface area (Å²) in [5, 5.41) is 1.22. The number of unbranched alkanes of at least 4 members (excludes halogenated alkanes) is 1. The molecule has 0 fully saturated rings. The molecule has 0 radical (unpaired) electrons. The summed E-state index contributed by atoms with van der Waals surface area (Å²) < 4.78 is 6.10. The highest BCUT2D eigenvalue weighted by Crippen LogP contribution is 2.35. The number of hydrogen-bond donors (Lipinski definition) is 2. The summed E-state index contributed by atoms with van der Waals surface area (Å²) in [6, 6.07) is 25.2. The van der Waals surface area contributed by atoms with Gasteiger partial charge in [-0.25, -0.2) is 0 Å². The first-order valence-corrected chi connectivity index (χ1v) is 11.1. The van der Waals surface area contributed by atoms with Crippen LogP contribution in [0.15, 0.2) is 72.8 Å². The lowest BCUT2D eigenvalue weighted by atomic mass is 9.86. The van der Waals surface area contributed by atoms with Crippen molar-refractivity contribution in [2.45, 2.75) is 45.4 Å². The van der Waals surface area contributed by atoms with Gasteiger partial charge in [0, 0.05) is 16.6 Å². The number of rotatable bonds is 7. The highest BCUT2D eigenvalue weighted by molar-refractivity contribution is 5.91. The van der Waals surface area contributed by atoms with E-state index in [0.29, 0.717) is 0 Å². The Balaban J connectivity index is 1.74. The molecule has 0 amide bonds. The molecular formula is C28H32N2O. The van der Waals surface area contributed by atoms with Gasteiger partial charge in [0.25, 0.3) is 0 Å². The van der Waals surface area contributed by atoms with Gasteiger partial charge in [0.1, 0.15) is 11.5 Å². The zero-order chi connectivity index (χ0) is 21.8. The van der Waals surface area contributed by atoms with E-state index in [9.17, 15) is 0 Å². The second kappa shape index (κ2) is 8.99. The van der Waals surface area contributed by atoms with Crippen molar-refractivity contribution in [1.29, 1.82) is 0 Å². The molecule has 3 nitrogen and oxygen atoms in total. The topological polar surface area (TPSA) is 51.0 Å². The average Bonchev–Trinajstić information content (AvgIpc) is 3.12. The molecule has 31 heavy (non-hydrogen) atoms. The molecule has 0 saturated heterocycles. The van der Waals surface area contributed by atoms with Crippen LogP contribution in [0.2, 0.25) is 0 Å². The molecule has 0 saturated carbocycles. The summed E-state index contributed by atoms with van der Waals surface area (Å²) in [7, 11) is 0. The van der Waals surface area contributed by atoms with Gasteiger partial charge in [0.05, 0.1) is 0 Å². The van der Waals surface area contributed by atoms with Crippen LogP contribution in [0.3, 0.4) is 0 Å². The Hall–Kier alpha value is -3.04. The molecule has 0 atom stereocenters. The van der Waals surface area contributed by atoms with Gasteiger partial charge < -0.3 is 15.5 Å². The Morgan fingerprint density at radius 3 is 2.26 bits per heavy atom. The monoisotopic (exact) mass is 412 g/mol. The van der Waals surface area contributed by atoms with Gasteiger partial charge in [-0.2, -0.15) is 0 Å². The number of ether oxygens (including phenoxy) is 1. The number of fused-ring (bicyclic) bond motifs is 1. The molecule has 0 aliphatic heterocycles. The van der Waals surface area contributed by atoms with Crippen molar-refractivity contribution in [2.24, 2.45) is 5.73 Å². The van der Waals surface area contributed by atoms with Crippen molar-refractivity contribution in [1.82, 2.24) is 4.98 Å². The smallest absolute Gasteiger partial charge is 0.128 e. The van der Waals surface area contributed by atoms with Crippen molar-refractivity contribution in [3.8, 4) is 22.8 Å². The van der Waals surface area contributed by atoms with E-state index in [0.717, 1.165) is 42.8 Å². The highest BCUT2D eigenvalue weighted by atomic mass is 16.5. The minimum absolute atomic E-state index is 0.145. The van der Waals surface area contributed by atoms with Gasteiger partial charge in [0.2, 0.25) is 0 Å².